The van der Waals surface area contributed by atoms with Gasteiger partial charge in [-0.25, -0.2) is 8.78 Å². The van der Waals surface area contributed by atoms with E-state index in [9.17, 15) is 8.78 Å². The first-order valence-corrected chi connectivity index (χ1v) is 6.66. The van der Waals surface area contributed by atoms with Crippen molar-refractivity contribution in [2.24, 2.45) is 5.73 Å². The Bertz CT molecular complexity index is 417. The predicted octanol–water partition coefficient (Wildman–Crippen LogP) is 1.25. The van der Waals surface area contributed by atoms with Crippen LogP contribution >= 0.6 is 0 Å². The Morgan fingerprint density at radius 3 is 2.47 bits per heavy atom. The fourth-order valence-corrected chi connectivity index (χ4v) is 2.47. The van der Waals surface area contributed by atoms with Crippen LogP contribution < -0.4 is 5.73 Å². The van der Waals surface area contributed by atoms with E-state index in [2.05, 4.69) is 16.8 Å². The normalized spacial score (nSPS) is 19.6. The molecule has 0 saturated carbocycles. The summed E-state index contributed by atoms with van der Waals surface area (Å²) in [5.41, 5.74) is 6.28. The summed E-state index contributed by atoms with van der Waals surface area (Å²) < 4.78 is 26.7. The second kappa shape index (κ2) is 6.41. The predicted molar refractivity (Wildman–Crippen MR) is 72.1 cm³/mol. The lowest BCUT2D eigenvalue weighted by molar-refractivity contribution is 0.147. The zero-order valence-corrected chi connectivity index (χ0v) is 11.3. The molecule has 1 aliphatic rings. The Hall–Kier alpha value is -1.04. The highest BCUT2D eigenvalue weighted by Gasteiger charge is 2.21. The zero-order chi connectivity index (χ0) is 13.8. The summed E-state index contributed by atoms with van der Waals surface area (Å²) in [4.78, 5) is 4.56. The minimum Gasteiger partial charge on any atom is -0.330 e. The molecule has 0 spiro atoms. The van der Waals surface area contributed by atoms with Gasteiger partial charge in [-0.15, -0.1) is 0 Å². The molecule has 2 rings (SSSR count). The molecule has 0 radical (unpaired) electrons. The second-order valence-electron chi connectivity index (χ2n) is 5.20. The molecule has 2 N–H and O–H groups in total. The Balaban J connectivity index is 2.03. The molecule has 1 fully saturated rings. The molecular weight excluding hydrogens is 248 g/mol. The van der Waals surface area contributed by atoms with E-state index in [1.807, 2.05) is 0 Å². The molecule has 1 aromatic carbocycles. The monoisotopic (exact) mass is 269 g/mol. The first-order valence-electron chi connectivity index (χ1n) is 6.66. The SMILES string of the molecule is CN1CCN(CC(CN)c2ccc(F)cc2F)CC1. The number of piperazine rings is 1. The van der Waals surface area contributed by atoms with Crippen LogP contribution in [0.1, 0.15) is 11.5 Å². The zero-order valence-electron chi connectivity index (χ0n) is 11.3. The molecule has 0 amide bonds. The molecule has 0 bridgehead atoms. The van der Waals surface area contributed by atoms with Crippen molar-refractivity contribution in [3.63, 3.8) is 0 Å². The summed E-state index contributed by atoms with van der Waals surface area (Å²) in [6.07, 6.45) is 0. The molecule has 1 aliphatic heterocycles. The molecule has 1 saturated heterocycles. The molecule has 1 heterocycles. The van der Waals surface area contributed by atoms with Crippen LogP contribution in [0.3, 0.4) is 0 Å². The number of rotatable bonds is 4. The van der Waals surface area contributed by atoms with Crippen molar-refractivity contribution in [3.8, 4) is 0 Å². The molecule has 1 atom stereocenters. The van der Waals surface area contributed by atoms with Crippen molar-refractivity contribution >= 4 is 0 Å². The van der Waals surface area contributed by atoms with Crippen LogP contribution in [0.4, 0.5) is 8.78 Å². The van der Waals surface area contributed by atoms with Gasteiger partial charge in [-0.05, 0) is 18.7 Å². The van der Waals surface area contributed by atoms with Crippen LogP contribution in [0.5, 0.6) is 0 Å². The number of nitrogens with two attached hydrogens (primary N) is 1. The maximum Gasteiger partial charge on any atom is 0.129 e. The summed E-state index contributed by atoms with van der Waals surface area (Å²) in [6.45, 7) is 5.07. The molecule has 0 aliphatic carbocycles. The standard InChI is InChI=1S/C14H21F2N3/c1-18-4-6-19(7-5-18)10-11(9-17)13-3-2-12(15)8-14(13)16/h2-3,8,11H,4-7,9-10,17H2,1H3. The van der Waals surface area contributed by atoms with E-state index in [0.717, 1.165) is 38.8 Å². The number of hydrogen-bond acceptors (Lipinski definition) is 3. The van der Waals surface area contributed by atoms with Gasteiger partial charge in [0.05, 0.1) is 0 Å². The van der Waals surface area contributed by atoms with Gasteiger partial charge < -0.3 is 15.5 Å². The van der Waals surface area contributed by atoms with Crippen LogP contribution in [0, 0.1) is 11.6 Å². The van der Waals surface area contributed by atoms with Crippen LogP contribution in [0.25, 0.3) is 0 Å². The average Bonchev–Trinajstić information content (AvgIpc) is 2.39. The summed E-state index contributed by atoms with van der Waals surface area (Å²) in [5.74, 6) is -1.12. The Morgan fingerprint density at radius 1 is 1.21 bits per heavy atom. The lowest BCUT2D eigenvalue weighted by atomic mass is 9.97. The summed E-state index contributed by atoms with van der Waals surface area (Å²) in [5, 5.41) is 0. The summed E-state index contributed by atoms with van der Waals surface area (Å²) in [6, 6.07) is 3.74. The van der Waals surface area contributed by atoms with Gasteiger partial charge in [0.1, 0.15) is 11.6 Å². The van der Waals surface area contributed by atoms with Gasteiger partial charge >= 0.3 is 0 Å². The Morgan fingerprint density at radius 2 is 1.89 bits per heavy atom. The third-order valence-electron chi connectivity index (χ3n) is 3.76. The third kappa shape index (κ3) is 3.72. The van der Waals surface area contributed by atoms with E-state index in [4.69, 9.17) is 5.73 Å². The molecular formula is C14H21F2N3. The van der Waals surface area contributed by atoms with Crippen LogP contribution in [0.2, 0.25) is 0 Å². The molecule has 3 nitrogen and oxygen atoms in total. The van der Waals surface area contributed by atoms with Gasteiger partial charge in [0, 0.05) is 51.3 Å². The molecule has 19 heavy (non-hydrogen) atoms. The van der Waals surface area contributed by atoms with Crippen LogP contribution in [-0.2, 0) is 0 Å². The lowest BCUT2D eigenvalue weighted by Gasteiger charge is -2.34. The number of nitrogens with zero attached hydrogens (tertiary/aromatic N) is 2. The summed E-state index contributed by atoms with van der Waals surface area (Å²) in [7, 11) is 2.09. The number of benzene rings is 1. The molecule has 106 valence electrons. The van der Waals surface area contributed by atoms with Gasteiger partial charge in [0.25, 0.3) is 0 Å². The van der Waals surface area contributed by atoms with Crippen molar-refractivity contribution in [1.29, 1.82) is 0 Å². The number of likely N-dealkylation sites (N-methyl/N-ethyl adjacent to an activating group) is 1. The second-order valence-corrected chi connectivity index (χ2v) is 5.20. The van der Waals surface area contributed by atoms with Crippen molar-refractivity contribution < 1.29 is 8.78 Å². The highest BCUT2D eigenvalue weighted by molar-refractivity contribution is 5.23. The Labute approximate surface area is 113 Å². The van der Waals surface area contributed by atoms with E-state index in [-0.39, 0.29) is 5.92 Å². The van der Waals surface area contributed by atoms with Crippen molar-refractivity contribution in [2.75, 3.05) is 46.3 Å². The first kappa shape index (κ1) is 14.4. The van der Waals surface area contributed by atoms with E-state index in [1.165, 1.54) is 12.1 Å². The first-order chi connectivity index (χ1) is 9.10. The van der Waals surface area contributed by atoms with Crippen molar-refractivity contribution in [2.45, 2.75) is 5.92 Å². The topological polar surface area (TPSA) is 32.5 Å². The third-order valence-corrected chi connectivity index (χ3v) is 3.76. The largest absolute Gasteiger partial charge is 0.330 e. The van der Waals surface area contributed by atoms with Crippen LogP contribution in [-0.4, -0.2) is 56.1 Å². The van der Waals surface area contributed by atoms with Crippen molar-refractivity contribution in [1.82, 2.24) is 9.80 Å². The molecule has 0 aromatic heterocycles. The number of halogens is 2. The highest BCUT2D eigenvalue weighted by Crippen LogP contribution is 2.21. The van der Waals surface area contributed by atoms with Gasteiger partial charge in [0.15, 0.2) is 0 Å². The van der Waals surface area contributed by atoms with Gasteiger partial charge in [-0.3, -0.25) is 0 Å². The maximum atomic E-state index is 13.8. The molecule has 5 heteroatoms. The molecule has 1 aromatic rings. The fourth-order valence-electron chi connectivity index (χ4n) is 2.47. The van der Waals surface area contributed by atoms with E-state index < -0.39 is 11.6 Å². The Kier molecular flexibility index (Phi) is 4.85. The van der Waals surface area contributed by atoms with Gasteiger partial charge in [-0.1, -0.05) is 6.07 Å². The van der Waals surface area contributed by atoms with Gasteiger partial charge in [-0.2, -0.15) is 0 Å². The maximum absolute atomic E-state index is 13.8. The van der Waals surface area contributed by atoms with Crippen molar-refractivity contribution in [3.05, 3.63) is 35.4 Å². The smallest absolute Gasteiger partial charge is 0.129 e. The minimum atomic E-state index is -0.545. The van der Waals surface area contributed by atoms with Crippen LogP contribution in [0.15, 0.2) is 18.2 Å². The van der Waals surface area contributed by atoms with E-state index >= 15 is 0 Å². The van der Waals surface area contributed by atoms with E-state index in [1.54, 1.807) is 0 Å². The van der Waals surface area contributed by atoms with Gasteiger partial charge in [0.2, 0.25) is 0 Å². The quantitative estimate of drug-likeness (QED) is 0.893. The minimum absolute atomic E-state index is 0.0796. The molecule has 1 unspecified atom stereocenters. The fraction of sp³-hybridized carbons (Fsp3) is 0.571. The average molecular weight is 269 g/mol. The summed E-state index contributed by atoms with van der Waals surface area (Å²) >= 11 is 0. The van der Waals surface area contributed by atoms with E-state index in [0.29, 0.717) is 12.1 Å². The number of hydrogen-bond donors (Lipinski definition) is 1. The lowest BCUT2D eigenvalue weighted by Crippen LogP contribution is -2.46. The highest BCUT2D eigenvalue weighted by atomic mass is 19.1.